The van der Waals surface area contributed by atoms with Gasteiger partial charge in [0.15, 0.2) is 0 Å². The third kappa shape index (κ3) is 7.04. The zero-order valence-electron chi connectivity index (χ0n) is 15.5. The number of hydrogen-bond acceptors (Lipinski definition) is 0. The molecular weight excluding hydrogens is 404 g/mol. The maximum absolute atomic E-state index is 2.20. The number of aryl methyl sites for hydroxylation is 1. The predicted octanol–water partition coefficient (Wildman–Crippen LogP) is 7.28. The van der Waals surface area contributed by atoms with Crippen LogP contribution in [0.15, 0.2) is 109 Å². The van der Waals surface area contributed by atoms with Gasteiger partial charge in [0.2, 0.25) is 0 Å². The minimum absolute atomic E-state index is 0. The van der Waals surface area contributed by atoms with Gasteiger partial charge in [0.1, 0.15) is 0 Å². The summed E-state index contributed by atoms with van der Waals surface area (Å²) < 4.78 is 0. The van der Waals surface area contributed by atoms with Crippen molar-refractivity contribution in [2.24, 2.45) is 0 Å². The summed E-state index contributed by atoms with van der Waals surface area (Å²) in [6.45, 7) is 2.12. The average Bonchev–Trinajstić information content (AvgIpc) is 3.07. The van der Waals surface area contributed by atoms with Gasteiger partial charge in [0, 0.05) is 0 Å². The van der Waals surface area contributed by atoms with Crippen LogP contribution in [0.3, 0.4) is 0 Å². The Morgan fingerprint density at radius 2 is 1.11 bits per heavy atom. The summed E-state index contributed by atoms with van der Waals surface area (Å²) in [5.74, 6) is 0. The zero-order valence-corrected chi connectivity index (χ0v) is 18.0. The van der Waals surface area contributed by atoms with E-state index in [0.717, 1.165) is 0 Å². The van der Waals surface area contributed by atoms with Crippen LogP contribution in [0.2, 0.25) is 0 Å². The van der Waals surface area contributed by atoms with Crippen LogP contribution in [0.1, 0.15) is 16.7 Å². The van der Waals surface area contributed by atoms with Gasteiger partial charge in [-0.3, -0.25) is 0 Å². The van der Waals surface area contributed by atoms with Gasteiger partial charge >= 0.3 is 26.2 Å². The van der Waals surface area contributed by atoms with E-state index in [4.69, 9.17) is 0 Å². The van der Waals surface area contributed by atoms with Crippen LogP contribution in [-0.4, -0.2) is 0 Å². The van der Waals surface area contributed by atoms with E-state index in [1.54, 1.807) is 0 Å². The molecule has 0 radical (unpaired) electrons. The minimum Gasteiger partial charge on any atom is -0.165 e. The van der Waals surface area contributed by atoms with Crippen LogP contribution in [0.25, 0.3) is 22.9 Å². The van der Waals surface area contributed by atoms with E-state index in [0.29, 0.717) is 0 Å². The molecule has 0 aliphatic rings. The number of fused-ring (bicyclic) bond motifs is 1. The third-order valence-corrected chi connectivity index (χ3v) is 4.05. The molecule has 0 aliphatic heterocycles. The molecule has 0 saturated heterocycles. The van der Waals surface area contributed by atoms with E-state index in [9.17, 15) is 0 Å². The molecule has 4 aromatic carbocycles. The molecule has 130 valence electrons. The molecule has 1 heteroatoms. The van der Waals surface area contributed by atoms with Crippen LogP contribution >= 0.6 is 0 Å². The average molecular weight is 427 g/mol. The fraction of sp³-hybridized carbons (Fsp3) is 0.0385. The smallest absolute Gasteiger partial charge is 0.165 e. The van der Waals surface area contributed by atoms with Gasteiger partial charge in [-0.2, -0.15) is 6.07 Å². The summed E-state index contributed by atoms with van der Waals surface area (Å²) in [5, 5.41) is 2.69. The first-order chi connectivity index (χ1) is 12.8. The van der Waals surface area contributed by atoms with Crippen molar-refractivity contribution in [3.8, 4) is 0 Å². The van der Waals surface area contributed by atoms with Crippen molar-refractivity contribution in [2.45, 2.75) is 6.92 Å². The van der Waals surface area contributed by atoms with Gasteiger partial charge in [-0.15, -0.1) is 40.6 Å². The number of benzene rings is 3. The minimum atomic E-state index is 0. The number of hydrogen-bond donors (Lipinski definition) is 0. The Balaban J connectivity index is 0.000000205. The quantitative estimate of drug-likeness (QED) is 0.238. The molecular formula is C26H23Zr+. The van der Waals surface area contributed by atoms with Gasteiger partial charge < -0.3 is 0 Å². The van der Waals surface area contributed by atoms with Gasteiger partial charge in [-0.1, -0.05) is 98.0 Å². The van der Waals surface area contributed by atoms with Crippen molar-refractivity contribution in [1.82, 2.24) is 0 Å². The monoisotopic (exact) mass is 425 g/mol. The first-order valence-electron chi connectivity index (χ1n) is 8.88. The summed E-state index contributed by atoms with van der Waals surface area (Å²) in [6.07, 6.45) is 8.31. The van der Waals surface area contributed by atoms with Crippen molar-refractivity contribution in [1.29, 1.82) is 0 Å². The Morgan fingerprint density at radius 1 is 0.630 bits per heavy atom. The number of rotatable bonds is 3. The molecule has 0 fully saturated rings. The maximum Gasteiger partial charge on any atom is 2.00 e. The van der Waals surface area contributed by atoms with Crippen LogP contribution < -0.4 is 0 Å². The van der Waals surface area contributed by atoms with Crippen molar-refractivity contribution in [3.63, 3.8) is 0 Å². The molecule has 4 rings (SSSR count). The molecule has 0 atom stereocenters. The van der Waals surface area contributed by atoms with E-state index in [1.807, 2.05) is 36.4 Å². The van der Waals surface area contributed by atoms with Crippen LogP contribution in [0.5, 0.6) is 0 Å². The van der Waals surface area contributed by atoms with E-state index in [2.05, 4.69) is 91.9 Å². The molecule has 27 heavy (non-hydrogen) atoms. The van der Waals surface area contributed by atoms with Crippen LogP contribution in [0, 0.1) is 6.92 Å². The molecule has 0 saturated carbocycles. The Hall–Kier alpha value is -2.37. The van der Waals surface area contributed by atoms with E-state index in [1.165, 1.54) is 27.5 Å². The van der Waals surface area contributed by atoms with Crippen molar-refractivity contribution in [3.05, 3.63) is 126 Å². The van der Waals surface area contributed by atoms with Crippen molar-refractivity contribution >= 4 is 22.9 Å². The van der Waals surface area contributed by atoms with E-state index >= 15 is 0 Å². The molecule has 0 unspecified atom stereocenters. The van der Waals surface area contributed by atoms with E-state index in [-0.39, 0.29) is 26.2 Å². The van der Waals surface area contributed by atoms with Crippen molar-refractivity contribution < 1.29 is 26.2 Å². The van der Waals surface area contributed by atoms with Gasteiger partial charge in [-0.05, 0) is 11.1 Å². The summed E-state index contributed by atoms with van der Waals surface area (Å²) in [4.78, 5) is 0. The second kappa shape index (κ2) is 11.4. The fourth-order valence-corrected chi connectivity index (χ4v) is 2.77. The van der Waals surface area contributed by atoms with Crippen molar-refractivity contribution in [2.75, 3.05) is 0 Å². The van der Waals surface area contributed by atoms with E-state index < -0.39 is 0 Å². The molecule has 0 aliphatic carbocycles. The van der Waals surface area contributed by atoms with Gasteiger partial charge in [0.25, 0.3) is 0 Å². The Kier molecular flexibility index (Phi) is 8.82. The molecule has 0 nitrogen and oxygen atoms in total. The standard InChI is InChI=1S/C16H14.C10H9.Zr/c1-3-9-15(10-4-1)13-7-8-14-16-11-5-2-6-12-16;1-8-6-9-4-2-3-5-10(9)7-8;/h1-14H;2-7H,1H3;/q;-1;+2. The maximum atomic E-state index is 2.20. The molecule has 0 N–H and O–H groups in total. The molecule has 0 amide bonds. The second-order valence-corrected chi connectivity index (χ2v) is 6.20. The summed E-state index contributed by atoms with van der Waals surface area (Å²) in [6, 6.07) is 33.4. The molecule has 0 heterocycles. The fourth-order valence-electron chi connectivity index (χ4n) is 2.77. The predicted molar refractivity (Wildman–Crippen MR) is 115 cm³/mol. The Morgan fingerprint density at radius 3 is 1.63 bits per heavy atom. The first-order valence-corrected chi connectivity index (χ1v) is 8.88. The normalized spacial score (nSPS) is 10.6. The Labute approximate surface area is 181 Å². The summed E-state index contributed by atoms with van der Waals surface area (Å²) in [5.41, 5.74) is 3.79. The summed E-state index contributed by atoms with van der Waals surface area (Å²) in [7, 11) is 0. The first kappa shape index (κ1) is 20.9. The molecule has 0 aromatic heterocycles. The van der Waals surface area contributed by atoms with Gasteiger partial charge in [0.05, 0.1) is 0 Å². The number of allylic oxidation sites excluding steroid dienone is 2. The SMILES string of the molecule is C(C=Cc1ccccc1)=Cc1ccccc1.Cc1cc2ccccc2[cH-]1.[Zr+2]. The molecule has 0 spiro atoms. The largest absolute Gasteiger partial charge is 2.00 e. The van der Waals surface area contributed by atoms with Crippen LogP contribution in [-0.2, 0) is 26.2 Å². The Bertz CT molecular complexity index is 896. The molecule has 4 aromatic rings. The second-order valence-electron chi connectivity index (χ2n) is 6.20. The van der Waals surface area contributed by atoms with Gasteiger partial charge in [-0.25, -0.2) is 0 Å². The topological polar surface area (TPSA) is 0 Å². The molecule has 0 bridgehead atoms. The zero-order chi connectivity index (χ0) is 18.0. The van der Waals surface area contributed by atoms with Crippen LogP contribution in [0.4, 0.5) is 0 Å². The third-order valence-electron chi connectivity index (χ3n) is 4.05. The summed E-state index contributed by atoms with van der Waals surface area (Å²) >= 11 is 0.